The van der Waals surface area contributed by atoms with E-state index in [1.807, 2.05) is 0 Å². The number of benzene rings is 1. The number of carbonyl (C=O) groups is 1. The van der Waals surface area contributed by atoms with Crippen LogP contribution in [0.15, 0.2) is 17.6 Å². The van der Waals surface area contributed by atoms with Crippen LogP contribution in [0.25, 0.3) is 0 Å². The molecule has 0 bridgehead atoms. The molecule has 94 valence electrons. The van der Waals surface area contributed by atoms with Gasteiger partial charge in [-0.15, -0.1) is 11.3 Å². The Morgan fingerprint density at radius 3 is 2.44 bits per heavy atom. The Morgan fingerprint density at radius 1 is 1.28 bits per heavy atom. The summed E-state index contributed by atoms with van der Waals surface area (Å²) in [5, 5.41) is 11.0. The highest BCUT2D eigenvalue weighted by molar-refractivity contribution is 7.14. The first-order valence-electron chi connectivity index (χ1n) is 4.57. The molecule has 0 atom stereocenters. The molecule has 0 aliphatic rings. The molecule has 0 radical (unpaired) electrons. The first kappa shape index (κ1) is 12.4. The average molecular weight is 274 g/mol. The number of hydrogen-bond acceptors (Lipinski definition) is 4. The van der Waals surface area contributed by atoms with E-state index >= 15 is 0 Å². The van der Waals surface area contributed by atoms with Crippen LogP contribution < -0.4 is 5.32 Å². The molecule has 0 spiro atoms. The van der Waals surface area contributed by atoms with Gasteiger partial charge < -0.3 is 10.4 Å². The van der Waals surface area contributed by atoms with Gasteiger partial charge in [-0.05, 0) is 0 Å². The molecule has 1 heterocycles. The van der Waals surface area contributed by atoms with Crippen LogP contribution in [0, 0.1) is 17.5 Å². The Morgan fingerprint density at radius 2 is 1.89 bits per heavy atom. The van der Waals surface area contributed by atoms with Gasteiger partial charge in [0.25, 0.3) is 0 Å². The van der Waals surface area contributed by atoms with Crippen LogP contribution in [0.5, 0.6) is 0 Å². The molecule has 0 saturated heterocycles. The van der Waals surface area contributed by atoms with E-state index in [4.69, 9.17) is 5.11 Å². The van der Waals surface area contributed by atoms with E-state index in [-0.39, 0.29) is 10.7 Å². The SMILES string of the molecule is O=C(O)c1ncsc1Nc1c(F)cc(F)cc1F. The molecule has 1 aromatic carbocycles. The summed E-state index contributed by atoms with van der Waals surface area (Å²) in [6.45, 7) is 0. The Labute approximate surface area is 103 Å². The molecular formula is C10H5F3N2O2S. The number of aromatic carboxylic acids is 1. The Kier molecular flexibility index (Phi) is 3.19. The molecule has 0 amide bonds. The highest BCUT2D eigenvalue weighted by Crippen LogP contribution is 2.28. The summed E-state index contributed by atoms with van der Waals surface area (Å²) in [6.07, 6.45) is 0. The molecular weight excluding hydrogens is 269 g/mol. The van der Waals surface area contributed by atoms with E-state index in [1.54, 1.807) is 0 Å². The maximum absolute atomic E-state index is 13.3. The fourth-order valence-corrected chi connectivity index (χ4v) is 1.94. The van der Waals surface area contributed by atoms with Gasteiger partial charge in [0.05, 0.1) is 5.51 Å². The second-order valence-electron chi connectivity index (χ2n) is 3.20. The summed E-state index contributed by atoms with van der Waals surface area (Å²) in [5.74, 6) is -4.70. The van der Waals surface area contributed by atoms with Crippen LogP contribution in [0.4, 0.5) is 23.9 Å². The van der Waals surface area contributed by atoms with Crippen molar-refractivity contribution in [1.82, 2.24) is 4.98 Å². The van der Waals surface area contributed by atoms with Crippen molar-refractivity contribution in [2.75, 3.05) is 5.32 Å². The Hall–Kier alpha value is -2.09. The second-order valence-corrected chi connectivity index (χ2v) is 4.06. The highest BCUT2D eigenvalue weighted by Gasteiger charge is 2.18. The number of rotatable bonds is 3. The molecule has 0 fully saturated rings. The predicted octanol–water partition coefficient (Wildman–Crippen LogP) is 3.00. The topological polar surface area (TPSA) is 62.2 Å². The number of thiazole rings is 1. The second kappa shape index (κ2) is 4.65. The van der Waals surface area contributed by atoms with Crippen molar-refractivity contribution in [2.45, 2.75) is 0 Å². The fourth-order valence-electron chi connectivity index (χ4n) is 1.26. The maximum atomic E-state index is 13.3. The predicted molar refractivity (Wildman–Crippen MR) is 58.7 cm³/mol. The minimum atomic E-state index is -1.33. The lowest BCUT2D eigenvalue weighted by Crippen LogP contribution is -2.03. The van der Waals surface area contributed by atoms with Gasteiger partial charge in [0.15, 0.2) is 17.3 Å². The van der Waals surface area contributed by atoms with Gasteiger partial charge in [0, 0.05) is 12.1 Å². The molecule has 0 aliphatic carbocycles. The minimum Gasteiger partial charge on any atom is -0.476 e. The third-order valence-corrected chi connectivity index (χ3v) is 2.76. The molecule has 18 heavy (non-hydrogen) atoms. The van der Waals surface area contributed by atoms with Crippen molar-refractivity contribution in [3.63, 3.8) is 0 Å². The van der Waals surface area contributed by atoms with Crippen molar-refractivity contribution in [3.8, 4) is 0 Å². The van der Waals surface area contributed by atoms with Crippen LogP contribution in [0.1, 0.15) is 10.5 Å². The number of halogens is 3. The number of nitrogens with zero attached hydrogens (tertiary/aromatic N) is 1. The van der Waals surface area contributed by atoms with Crippen LogP contribution >= 0.6 is 11.3 Å². The van der Waals surface area contributed by atoms with E-state index in [0.29, 0.717) is 12.1 Å². The van der Waals surface area contributed by atoms with Gasteiger partial charge in [-0.2, -0.15) is 0 Å². The Balaban J connectivity index is 2.40. The molecule has 2 aromatic rings. The molecule has 0 aliphatic heterocycles. The van der Waals surface area contributed by atoms with Crippen LogP contribution in [0.2, 0.25) is 0 Å². The fraction of sp³-hybridized carbons (Fsp3) is 0. The van der Waals surface area contributed by atoms with Crippen LogP contribution in [-0.2, 0) is 0 Å². The van der Waals surface area contributed by atoms with Crippen molar-refractivity contribution >= 4 is 28.0 Å². The van der Waals surface area contributed by atoms with Crippen molar-refractivity contribution in [1.29, 1.82) is 0 Å². The van der Waals surface area contributed by atoms with Gasteiger partial charge in [0.2, 0.25) is 0 Å². The molecule has 8 heteroatoms. The van der Waals surface area contributed by atoms with Crippen LogP contribution in [0.3, 0.4) is 0 Å². The smallest absolute Gasteiger partial charge is 0.357 e. The zero-order valence-electron chi connectivity index (χ0n) is 8.58. The Bertz CT molecular complexity index is 592. The van der Waals surface area contributed by atoms with Gasteiger partial charge in [0.1, 0.15) is 16.5 Å². The number of aromatic nitrogens is 1. The quantitative estimate of drug-likeness (QED) is 0.903. The molecule has 4 nitrogen and oxygen atoms in total. The van der Waals surface area contributed by atoms with Gasteiger partial charge in [-0.25, -0.2) is 22.9 Å². The van der Waals surface area contributed by atoms with Crippen LogP contribution in [-0.4, -0.2) is 16.1 Å². The first-order valence-corrected chi connectivity index (χ1v) is 5.45. The van der Waals surface area contributed by atoms with E-state index in [0.717, 1.165) is 11.3 Å². The summed E-state index contributed by atoms with van der Waals surface area (Å²) >= 11 is 0.864. The first-order chi connectivity index (χ1) is 8.49. The zero-order valence-corrected chi connectivity index (χ0v) is 9.39. The van der Waals surface area contributed by atoms with E-state index < -0.39 is 29.1 Å². The monoisotopic (exact) mass is 274 g/mol. The summed E-state index contributed by atoms with van der Waals surface area (Å²) in [6, 6.07) is 0.986. The summed E-state index contributed by atoms with van der Waals surface area (Å²) in [4.78, 5) is 14.3. The minimum absolute atomic E-state index is 0.0353. The van der Waals surface area contributed by atoms with E-state index in [2.05, 4.69) is 10.3 Å². The van der Waals surface area contributed by atoms with Crippen molar-refractivity contribution < 1.29 is 23.1 Å². The summed E-state index contributed by atoms with van der Waals surface area (Å²) < 4.78 is 39.3. The summed E-state index contributed by atoms with van der Waals surface area (Å²) in [7, 11) is 0. The van der Waals surface area contributed by atoms with E-state index in [9.17, 15) is 18.0 Å². The van der Waals surface area contributed by atoms with Crippen molar-refractivity contribution in [3.05, 3.63) is 40.8 Å². The maximum Gasteiger partial charge on any atom is 0.357 e. The number of hydrogen-bond donors (Lipinski definition) is 2. The molecule has 1 aromatic heterocycles. The number of nitrogens with one attached hydrogen (secondary N) is 1. The van der Waals surface area contributed by atoms with Gasteiger partial charge in [-0.1, -0.05) is 0 Å². The lowest BCUT2D eigenvalue weighted by atomic mass is 10.2. The highest BCUT2D eigenvalue weighted by atomic mass is 32.1. The number of carboxylic acid groups (broad SMARTS) is 1. The number of anilines is 2. The van der Waals surface area contributed by atoms with Crippen molar-refractivity contribution in [2.24, 2.45) is 0 Å². The molecule has 2 N–H and O–H groups in total. The van der Waals surface area contributed by atoms with Gasteiger partial charge >= 0.3 is 5.97 Å². The molecule has 2 rings (SSSR count). The van der Waals surface area contributed by atoms with Gasteiger partial charge in [-0.3, -0.25) is 0 Å². The zero-order chi connectivity index (χ0) is 13.3. The lowest BCUT2D eigenvalue weighted by molar-refractivity contribution is 0.0692. The molecule has 0 unspecified atom stereocenters. The largest absolute Gasteiger partial charge is 0.476 e. The van der Waals surface area contributed by atoms with E-state index in [1.165, 1.54) is 5.51 Å². The summed E-state index contributed by atoms with van der Waals surface area (Å²) in [5.41, 5.74) is 0.233. The average Bonchev–Trinajstić information content (AvgIpc) is 2.71. The molecule has 0 saturated carbocycles. The third-order valence-electron chi connectivity index (χ3n) is 2.02. The normalized spacial score (nSPS) is 10.4. The standard InChI is InChI=1S/C10H5F3N2O2S/c11-4-1-5(12)7(6(13)2-4)15-9-8(10(16)17)14-3-18-9/h1-3,15H,(H,16,17). The lowest BCUT2D eigenvalue weighted by Gasteiger charge is -2.07. The third kappa shape index (κ3) is 2.28. The number of carboxylic acids is 1.